The molecule has 4 aromatic rings. The van der Waals surface area contributed by atoms with Gasteiger partial charge in [0.25, 0.3) is 5.56 Å². The van der Waals surface area contributed by atoms with Crippen molar-refractivity contribution in [3.63, 3.8) is 0 Å². The molecule has 118 valence electrons. The lowest BCUT2D eigenvalue weighted by atomic mass is 10.2. The van der Waals surface area contributed by atoms with E-state index in [1.54, 1.807) is 12.1 Å². The van der Waals surface area contributed by atoms with Gasteiger partial charge in [0, 0.05) is 5.56 Å². The molecule has 0 aliphatic heterocycles. The summed E-state index contributed by atoms with van der Waals surface area (Å²) < 4.78 is 7.03. The molecule has 0 radical (unpaired) electrons. The third-order valence-corrected chi connectivity index (χ3v) is 3.84. The van der Waals surface area contributed by atoms with Gasteiger partial charge in [-0.05, 0) is 31.2 Å². The van der Waals surface area contributed by atoms with E-state index in [-0.39, 0.29) is 12.1 Å². The van der Waals surface area contributed by atoms with Crippen molar-refractivity contribution < 1.29 is 4.42 Å². The fourth-order valence-corrected chi connectivity index (χ4v) is 2.55. The molecule has 0 amide bonds. The van der Waals surface area contributed by atoms with Gasteiger partial charge in [0.15, 0.2) is 0 Å². The summed E-state index contributed by atoms with van der Waals surface area (Å²) in [5.41, 5.74) is 1.95. The van der Waals surface area contributed by atoms with Gasteiger partial charge >= 0.3 is 0 Å². The number of oxazole rings is 1. The summed E-state index contributed by atoms with van der Waals surface area (Å²) in [6, 6.07) is 16.8. The summed E-state index contributed by atoms with van der Waals surface area (Å²) in [6.45, 7) is 2.05. The molecule has 0 saturated heterocycles. The first-order valence-corrected chi connectivity index (χ1v) is 7.56. The van der Waals surface area contributed by atoms with Gasteiger partial charge in [0.2, 0.25) is 5.89 Å². The molecule has 4 rings (SSSR count). The van der Waals surface area contributed by atoms with Gasteiger partial charge in [0.1, 0.15) is 17.0 Å². The van der Waals surface area contributed by atoms with E-state index in [2.05, 4.69) is 15.3 Å². The monoisotopic (exact) mass is 318 g/mol. The zero-order valence-corrected chi connectivity index (χ0v) is 13.0. The van der Waals surface area contributed by atoms with Gasteiger partial charge in [-0.3, -0.25) is 4.79 Å². The summed E-state index contributed by atoms with van der Waals surface area (Å²) in [4.78, 5) is 17.0. The van der Waals surface area contributed by atoms with Crippen molar-refractivity contribution in [3.8, 4) is 11.5 Å². The largest absolute Gasteiger partial charge is 0.441 e. The van der Waals surface area contributed by atoms with E-state index in [1.807, 2.05) is 49.4 Å². The Morgan fingerprint density at radius 1 is 1.04 bits per heavy atom. The third-order valence-electron chi connectivity index (χ3n) is 3.84. The molecule has 2 aromatic carbocycles. The Hall–Kier alpha value is -3.28. The maximum Gasteiger partial charge on any atom is 0.277 e. The maximum absolute atomic E-state index is 12.5. The molecular formula is C18H14N4O2. The van der Waals surface area contributed by atoms with Crippen LogP contribution in [0.4, 0.5) is 0 Å². The normalized spacial score (nSPS) is 11.0. The van der Waals surface area contributed by atoms with Crippen LogP contribution in [0.3, 0.4) is 0 Å². The highest BCUT2D eigenvalue weighted by Gasteiger charge is 2.14. The van der Waals surface area contributed by atoms with Crippen LogP contribution in [-0.2, 0) is 6.54 Å². The van der Waals surface area contributed by atoms with Crippen molar-refractivity contribution in [2.45, 2.75) is 13.5 Å². The predicted molar refractivity (Wildman–Crippen MR) is 89.6 cm³/mol. The van der Waals surface area contributed by atoms with Crippen LogP contribution >= 0.6 is 0 Å². The first-order chi connectivity index (χ1) is 11.7. The zero-order chi connectivity index (χ0) is 16.5. The van der Waals surface area contributed by atoms with E-state index in [9.17, 15) is 4.79 Å². The molecule has 6 nitrogen and oxygen atoms in total. The van der Waals surface area contributed by atoms with Crippen LogP contribution in [0.2, 0.25) is 0 Å². The Labute approximate surface area is 137 Å². The number of aromatic nitrogens is 4. The van der Waals surface area contributed by atoms with Crippen molar-refractivity contribution in [3.05, 3.63) is 76.4 Å². The molecule has 0 aliphatic rings. The summed E-state index contributed by atoms with van der Waals surface area (Å²) in [6.07, 6.45) is 0. The Morgan fingerprint density at radius 2 is 1.79 bits per heavy atom. The number of nitrogens with zero attached hydrogens (tertiary/aromatic N) is 4. The second kappa shape index (κ2) is 5.73. The molecule has 0 fully saturated rings. The summed E-state index contributed by atoms with van der Waals surface area (Å²) >= 11 is 0. The van der Waals surface area contributed by atoms with Crippen LogP contribution in [0.1, 0.15) is 11.5 Å². The van der Waals surface area contributed by atoms with Gasteiger partial charge in [0.05, 0.1) is 11.9 Å². The average molecular weight is 318 g/mol. The standard InChI is InChI=1S/C18H14N4O2/c1-12-16(19-17(24-12)13-7-3-2-4-8-13)11-22-18(23)14-9-5-6-10-15(14)20-21-22/h2-10H,11H2,1H3. The van der Waals surface area contributed by atoms with Crippen molar-refractivity contribution >= 4 is 10.9 Å². The number of hydrogen-bond donors (Lipinski definition) is 0. The van der Waals surface area contributed by atoms with Crippen LogP contribution in [0.5, 0.6) is 0 Å². The van der Waals surface area contributed by atoms with Crippen LogP contribution in [0.15, 0.2) is 63.8 Å². The molecule has 0 atom stereocenters. The Bertz CT molecular complexity index is 1070. The molecule has 6 heteroatoms. The quantitative estimate of drug-likeness (QED) is 0.581. The van der Waals surface area contributed by atoms with Crippen molar-refractivity contribution in [2.75, 3.05) is 0 Å². The SMILES string of the molecule is Cc1oc(-c2ccccc2)nc1Cn1nnc2ccccc2c1=O. The first kappa shape index (κ1) is 14.3. The highest BCUT2D eigenvalue weighted by atomic mass is 16.4. The lowest BCUT2D eigenvalue weighted by Gasteiger charge is -2.02. The number of hydrogen-bond acceptors (Lipinski definition) is 5. The lowest BCUT2D eigenvalue weighted by molar-refractivity contribution is 0.531. The first-order valence-electron chi connectivity index (χ1n) is 7.56. The van der Waals surface area contributed by atoms with Crippen molar-refractivity contribution in [1.29, 1.82) is 0 Å². The Kier molecular flexibility index (Phi) is 3.42. The van der Waals surface area contributed by atoms with Gasteiger partial charge in [-0.2, -0.15) is 0 Å². The van der Waals surface area contributed by atoms with E-state index >= 15 is 0 Å². The average Bonchev–Trinajstić information content (AvgIpc) is 2.99. The predicted octanol–water partition coefficient (Wildman–Crippen LogP) is 2.80. The van der Waals surface area contributed by atoms with Crippen molar-refractivity contribution in [2.24, 2.45) is 0 Å². The lowest BCUT2D eigenvalue weighted by Crippen LogP contribution is -2.25. The van der Waals surface area contributed by atoms with E-state index < -0.39 is 0 Å². The third kappa shape index (κ3) is 2.48. The molecule has 0 N–H and O–H groups in total. The fourth-order valence-electron chi connectivity index (χ4n) is 2.55. The van der Waals surface area contributed by atoms with Crippen LogP contribution < -0.4 is 5.56 Å². The smallest absolute Gasteiger partial charge is 0.277 e. The number of aryl methyl sites for hydroxylation is 1. The van der Waals surface area contributed by atoms with Gasteiger partial charge in [-0.1, -0.05) is 35.5 Å². The number of benzene rings is 2. The minimum absolute atomic E-state index is 0.190. The Morgan fingerprint density at radius 3 is 2.62 bits per heavy atom. The molecule has 2 heterocycles. The topological polar surface area (TPSA) is 73.8 Å². The van der Waals surface area contributed by atoms with Crippen molar-refractivity contribution in [1.82, 2.24) is 20.0 Å². The van der Waals surface area contributed by atoms with Gasteiger partial charge in [-0.15, -0.1) is 5.10 Å². The fraction of sp³-hybridized carbons (Fsp3) is 0.111. The number of rotatable bonds is 3. The van der Waals surface area contributed by atoms with E-state index in [0.717, 1.165) is 5.56 Å². The molecule has 0 saturated carbocycles. The molecule has 24 heavy (non-hydrogen) atoms. The minimum Gasteiger partial charge on any atom is -0.441 e. The second-order valence-corrected chi connectivity index (χ2v) is 5.46. The number of fused-ring (bicyclic) bond motifs is 1. The van der Waals surface area contributed by atoms with E-state index in [0.29, 0.717) is 28.2 Å². The van der Waals surface area contributed by atoms with E-state index in [1.165, 1.54) is 4.68 Å². The van der Waals surface area contributed by atoms with Crippen LogP contribution in [-0.4, -0.2) is 20.0 Å². The Balaban J connectivity index is 1.73. The zero-order valence-electron chi connectivity index (χ0n) is 13.0. The summed E-state index contributed by atoms with van der Waals surface area (Å²) in [5, 5.41) is 8.62. The van der Waals surface area contributed by atoms with Gasteiger partial charge < -0.3 is 4.42 Å². The molecule has 0 bridgehead atoms. The maximum atomic E-state index is 12.5. The highest BCUT2D eigenvalue weighted by molar-refractivity contribution is 5.76. The van der Waals surface area contributed by atoms with Crippen LogP contribution in [0, 0.1) is 6.92 Å². The summed E-state index contributed by atoms with van der Waals surface area (Å²) in [7, 11) is 0. The van der Waals surface area contributed by atoms with Gasteiger partial charge in [-0.25, -0.2) is 9.67 Å². The highest BCUT2D eigenvalue weighted by Crippen LogP contribution is 2.21. The molecule has 2 aromatic heterocycles. The molecule has 0 unspecified atom stereocenters. The second-order valence-electron chi connectivity index (χ2n) is 5.46. The molecule has 0 aliphatic carbocycles. The molecular weight excluding hydrogens is 304 g/mol. The minimum atomic E-state index is -0.190. The van der Waals surface area contributed by atoms with Crippen LogP contribution in [0.25, 0.3) is 22.4 Å². The summed E-state index contributed by atoms with van der Waals surface area (Å²) in [5.74, 6) is 1.20. The van der Waals surface area contributed by atoms with E-state index in [4.69, 9.17) is 4.42 Å². The molecule has 0 spiro atoms.